The topological polar surface area (TPSA) is 64.6 Å². The predicted octanol–water partition coefficient (Wildman–Crippen LogP) is 2.51. The maximum atomic E-state index is 12.2. The molecule has 9 heteroatoms. The molecule has 0 amide bonds. The second-order valence-electron chi connectivity index (χ2n) is 4.54. The molecule has 21 heavy (non-hydrogen) atoms. The van der Waals surface area contributed by atoms with Gasteiger partial charge in [0.2, 0.25) is 0 Å². The predicted molar refractivity (Wildman–Crippen MR) is 69.5 cm³/mol. The van der Waals surface area contributed by atoms with Crippen LogP contribution >= 0.6 is 0 Å². The van der Waals surface area contributed by atoms with E-state index in [1.807, 2.05) is 0 Å². The first-order valence-corrected chi connectivity index (χ1v) is 7.64. The van der Waals surface area contributed by atoms with Gasteiger partial charge in [0.15, 0.2) is 0 Å². The van der Waals surface area contributed by atoms with Crippen LogP contribution in [-0.2, 0) is 14.9 Å². The van der Waals surface area contributed by atoms with Gasteiger partial charge in [-0.1, -0.05) is 0 Å². The molecule has 0 saturated carbocycles. The number of benzene rings is 1. The van der Waals surface area contributed by atoms with Crippen LogP contribution in [0, 0.1) is 0 Å². The van der Waals surface area contributed by atoms with E-state index in [1.54, 1.807) is 0 Å². The second-order valence-corrected chi connectivity index (χ2v) is 6.08. The van der Waals surface area contributed by atoms with Crippen molar-refractivity contribution in [1.29, 1.82) is 0 Å². The van der Waals surface area contributed by atoms with Crippen molar-refractivity contribution < 1.29 is 30.5 Å². The Bertz CT molecular complexity index is 565. The number of ether oxygens (including phenoxy) is 1. The Morgan fingerprint density at radius 1 is 1.14 bits per heavy atom. The molecule has 1 aliphatic heterocycles. The molecular formula is C12H14F3NO4S. The Kier molecular flexibility index (Phi) is 4.62. The Labute approximate surface area is 120 Å². The van der Waals surface area contributed by atoms with Crippen molar-refractivity contribution in [2.75, 3.05) is 18.5 Å². The fraction of sp³-hybridized carbons (Fsp3) is 0.500. The number of rotatable bonds is 4. The molecule has 0 atom stereocenters. The lowest BCUT2D eigenvalue weighted by molar-refractivity contribution is -0.0500. The van der Waals surface area contributed by atoms with E-state index in [1.165, 1.54) is 24.3 Å². The van der Waals surface area contributed by atoms with Gasteiger partial charge in [-0.2, -0.15) is 21.6 Å². The molecule has 1 aromatic carbocycles. The summed E-state index contributed by atoms with van der Waals surface area (Å²) in [5.74, 6) is -0.384. The first-order valence-electron chi connectivity index (χ1n) is 6.23. The summed E-state index contributed by atoms with van der Waals surface area (Å²) in [6.07, 6.45) is 1.67. The largest absolute Gasteiger partial charge is 0.534 e. The molecule has 118 valence electrons. The van der Waals surface area contributed by atoms with E-state index in [2.05, 4.69) is 9.50 Å². The van der Waals surface area contributed by atoms with Crippen LogP contribution in [-0.4, -0.2) is 33.2 Å². The number of anilines is 1. The minimum atomic E-state index is -5.63. The average molecular weight is 325 g/mol. The molecule has 0 unspecified atom stereocenters. The minimum absolute atomic E-state index is 0.226. The maximum absolute atomic E-state index is 12.2. The third kappa shape index (κ3) is 4.24. The van der Waals surface area contributed by atoms with Crippen molar-refractivity contribution >= 4 is 15.8 Å². The van der Waals surface area contributed by atoms with Gasteiger partial charge < -0.3 is 14.2 Å². The summed E-state index contributed by atoms with van der Waals surface area (Å²) in [6, 6.07) is 5.51. The molecule has 2 rings (SSSR count). The zero-order valence-corrected chi connectivity index (χ0v) is 11.7. The Balaban J connectivity index is 1.99. The highest BCUT2D eigenvalue weighted by molar-refractivity contribution is 7.87. The van der Waals surface area contributed by atoms with E-state index in [0.29, 0.717) is 18.9 Å². The molecule has 1 fully saturated rings. The summed E-state index contributed by atoms with van der Waals surface area (Å²) >= 11 is 0. The zero-order chi connectivity index (χ0) is 15.5. The number of hydrogen-bond donors (Lipinski definition) is 1. The van der Waals surface area contributed by atoms with Crippen molar-refractivity contribution in [1.82, 2.24) is 0 Å². The van der Waals surface area contributed by atoms with Crippen LogP contribution in [0.2, 0.25) is 0 Å². The van der Waals surface area contributed by atoms with Gasteiger partial charge in [0, 0.05) is 24.9 Å². The maximum Gasteiger partial charge on any atom is 0.534 e. The summed E-state index contributed by atoms with van der Waals surface area (Å²) in [6.45, 7) is 1.31. The third-order valence-corrected chi connectivity index (χ3v) is 3.91. The molecular weight excluding hydrogens is 311 g/mol. The summed E-state index contributed by atoms with van der Waals surface area (Å²) < 4.78 is 67.4. The highest BCUT2D eigenvalue weighted by Crippen LogP contribution is 2.27. The second kappa shape index (κ2) is 6.10. The molecule has 5 nitrogen and oxygen atoms in total. The lowest BCUT2D eigenvalue weighted by atomic mass is 10.1. The molecule has 0 bridgehead atoms. The third-order valence-electron chi connectivity index (χ3n) is 2.94. The van der Waals surface area contributed by atoms with Crippen molar-refractivity contribution in [3.63, 3.8) is 0 Å². The van der Waals surface area contributed by atoms with Gasteiger partial charge in [-0.05, 0) is 37.1 Å². The van der Waals surface area contributed by atoms with Gasteiger partial charge in [-0.3, -0.25) is 0 Å². The number of nitrogens with one attached hydrogen (secondary N) is 1. The lowest BCUT2D eigenvalue weighted by Crippen LogP contribution is -2.28. The van der Waals surface area contributed by atoms with E-state index in [9.17, 15) is 21.6 Å². The Morgan fingerprint density at radius 3 is 2.24 bits per heavy atom. The molecule has 0 radical (unpaired) electrons. The van der Waals surface area contributed by atoms with Crippen LogP contribution in [0.4, 0.5) is 18.9 Å². The molecule has 0 aliphatic carbocycles. The summed E-state index contributed by atoms with van der Waals surface area (Å²) in [7, 11) is -5.63. The zero-order valence-electron chi connectivity index (χ0n) is 10.9. The van der Waals surface area contributed by atoms with Crippen molar-refractivity contribution in [2.45, 2.75) is 24.4 Å². The van der Waals surface area contributed by atoms with Gasteiger partial charge in [0.05, 0.1) is 0 Å². The lowest BCUT2D eigenvalue weighted by Gasteiger charge is -2.24. The molecule has 1 aromatic rings. The minimum Gasteiger partial charge on any atom is -0.382 e. The fourth-order valence-electron chi connectivity index (χ4n) is 1.86. The monoisotopic (exact) mass is 325 g/mol. The van der Waals surface area contributed by atoms with Crippen LogP contribution in [0.5, 0.6) is 5.75 Å². The number of halogens is 3. The molecule has 0 spiro atoms. The molecule has 1 aliphatic rings. The highest BCUT2D eigenvalue weighted by Gasteiger charge is 2.48. The Hall–Kier alpha value is -1.48. The van der Waals surface area contributed by atoms with Crippen LogP contribution in [0.3, 0.4) is 0 Å². The fourth-order valence-corrected chi connectivity index (χ4v) is 2.32. The SMILES string of the molecule is O=S(=O)(Oc1ccc(NC2CCOCC2)cc1)C(F)(F)F. The molecule has 0 aromatic heterocycles. The van der Waals surface area contributed by atoms with Crippen molar-refractivity contribution in [3.05, 3.63) is 24.3 Å². The van der Waals surface area contributed by atoms with Crippen LogP contribution in [0.25, 0.3) is 0 Å². The number of hydrogen-bond acceptors (Lipinski definition) is 5. The summed E-state index contributed by atoms with van der Waals surface area (Å²) in [4.78, 5) is 0. The normalized spacial score (nSPS) is 17.5. The van der Waals surface area contributed by atoms with Crippen LogP contribution in [0.15, 0.2) is 24.3 Å². The van der Waals surface area contributed by atoms with Gasteiger partial charge in [0.1, 0.15) is 5.75 Å². The van der Waals surface area contributed by atoms with E-state index >= 15 is 0 Å². The molecule has 1 N–H and O–H groups in total. The average Bonchev–Trinajstić information content (AvgIpc) is 2.41. The van der Waals surface area contributed by atoms with Crippen LogP contribution in [0.1, 0.15) is 12.8 Å². The van der Waals surface area contributed by atoms with E-state index < -0.39 is 15.6 Å². The highest BCUT2D eigenvalue weighted by atomic mass is 32.2. The van der Waals surface area contributed by atoms with Gasteiger partial charge >= 0.3 is 15.6 Å². The molecule has 1 saturated heterocycles. The first-order chi connectivity index (χ1) is 9.78. The quantitative estimate of drug-likeness (QED) is 0.681. The molecule has 1 heterocycles. The van der Waals surface area contributed by atoms with E-state index in [0.717, 1.165) is 12.8 Å². The van der Waals surface area contributed by atoms with Gasteiger partial charge in [-0.15, -0.1) is 0 Å². The standard InChI is InChI=1S/C12H14F3NO4S/c13-12(14,15)21(17,18)20-11-3-1-9(2-4-11)16-10-5-7-19-8-6-10/h1-4,10,16H,5-8H2. The van der Waals surface area contributed by atoms with E-state index in [-0.39, 0.29) is 11.8 Å². The van der Waals surface area contributed by atoms with E-state index in [4.69, 9.17) is 4.74 Å². The number of alkyl halides is 3. The first kappa shape index (κ1) is 15.9. The summed E-state index contributed by atoms with van der Waals surface area (Å²) in [5, 5.41) is 3.19. The van der Waals surface area contributed by atoms with Crippen LogP contribution < -0.4 is 9.50 Å². The van der Waals surface area contributed by atoms with Crippen molar-refractivity contribution in [3.8, 4) is 5.75 Å². The Morgan fingerprint density at radius 2 is 1.71 bits per heavy atom. The summed E-state index contributed by atoms with van der Waals surface area (Å²) in [5.41, 5.74) is -4.76. The van der Waals surface area contributed by atoms with Gasteiger partial charge in [-0.25, -0.2) is 0 Å². The van der Waals surface area contributed by atoms with Gasteiger partial charge in [0.25, 0.3) is 0 Å². The smallest absolute Gasteiger partial charge is 0.382 e. The van der Waals surface area contributed by atoms with Crippen molar-refractivity contribution in [2.24, 2.45) is 0 Å².